The third-order valence-electron chi connectivity index (χ3n) is 4.13. The van der Waals surface area contributed by atoms with Crippen LogP contribution in [0.1, 0.15) is 31.2 Å². The van der Waals surface area contributed by atoms with Gasteiger partial charge in [-0.2, -0.15) is 13.2 Å². The van der Waals surface area contributed by atoms with Gasteiger partial charge in [-0.1, -0.05) is 12.1 Å². The van der Waals surface area contributed by atoms with Crippen molar-refractivity contribution in [2.24, 2.45) is 5.92 Å². The van der Waals surface area contributed by atoms with Gasteiger partial charge >= 0.3 is 18.0 Å². The van der Waals surface area contributed by atoms with Crippen LogP contribution in [0.4, 0.5) is 18.9 Å². The summed E-state index contributed by atoms with van der Waals surface area (Å²) in [4.78, 5) is 23.7. The number of hydrogen-bond donors (Lipinski definition) is 3. The Kier molecular flexibility index (Phi) is 5.82. The Morgan fingerprint density at radius 2 is 1.71 bits per heavy atom. The smallest absolute Gasteiger partial charge is 0.396 e. The molecule has 2 amide bonds. The highest BCUT2D eigenvalue weighted by Gasteiger charge is 2.34. The fraction of sp³-hybridized carbons (Fsp3) is 0.500. The highest BCUT2D eigenvalue weighted by Crippen LogP contribution is 2.34. The lowest BCUT2D eigenvalue weighted by molar-refractivity contribution is -0.138. The first-order valence-electron chi connectivity index (χ1n) is 7.70. The van der Waals surface area contributed by atoms with Crippen LogP contribution in [-0.4, -0.2) is 29.6 Å². The van der Waals surface area contributed by atoms with Gasteiger partial charge in [0.2, 0.25) is 0 Å². The van der Waals surface area contributed by atoms with E-state index in [0.29, 0.717) is 12.8 Å². The average molecular weight is 344 g/mol. The van der Waals surface area contributed by atoms with Crippen molar-refractivity contribution in [3.63, 3.8) is 0 Å². The first kappa shape index (κ1) is 18.3. The van der Waals surface area contributed by atoms with Crippen LogP contribution in [0.3, 0.4) is 0 Å². The number of para-hydroxylation sites is 1. The highest BCUT2D eigenvalue weighted by molar-refractivity contribution is 6.39. The minimum absolute atomic E-state index is 0.0926. The molecule has 0 aromatic heterocycles. The van der Waals surface area contributed by atoms with Crippen LogP contribution < -0.4 is 10.6 Å². The number of aliphatic hydroxyl groups is 1. The predicted octanol–water partition coefficient (Wildman–Crippen LogP) is 2.31. The molecule has 0 spiro atoms. The maximum Gasteiger partial charge on any atom is 0.418 e. The van der Waals surface area contributed by atoms with Gasteiger partial charge in [-0.3, -0.25) is 9.59 Å². The van der Waals surface area contributed by atoms with Crippen LogP contribution in [-0.2, 0) is 15.8 Å². The van der Waals surface area contributed by atoms with Crippen molar-refractivity contribution in [1.82, 2.24) is 5.32 Å². The Labute approximate surface area is 137 Å². The standard InChI is InChI=1S/C16H19F3N2O3/c17-16(18,19)12-3-1-2-4-13(12)21-15(24)14(23)20-11-7-5-10(9-22)6-8-11/h1-4,10-11,22H,5-9H2,(H,20,23)(H,21,24). The molecule has 1 aromatic rings. The molecule has 0 unspecified atom stereocenters. The van der Waals surface area contributed by atoms with Crippen LogP contribution in [0.15, 0.2) is 24.3 Å². The van der Waals surface area contributed by atoms with Gasteiger partial charge in [0.05, 0.1) is 11.3 Å². The first-order valence-corrected chi connectivity index (χ1v) is 7.70. The monoisotopic (exact) mass is 344 g/mol. The van der Waals surface area contributed by atoms with E-state index in [9.17, 15) is 22.8 Å². The molecule has 2 rings (SSSR count). The van der Waals surface area contributed by atoms with E-state index in [1.807, 2.05) is 5.32 Å². The summed E-state index contributed by atoms with van der Waals surface area (Å²) in [7, 11) is 0. The minimum atomic E-state index is -4.62. The van der Waals surface area contributed by atoms with Gasteiger partial charge in [0, 0.05) is 12.6 Å². The minimum Gasteiger partial charge on any atom is -0.396 e. The van der Waals surface area contributed by atoms with Crippen molar-refractivity contribution in [1.29, 1.82) is 0 Å². The summed E-state index contributed by atoms with van der Waals surface area (Å²) < 4.78 is 38.6. The molecular formula is C16H19F3N2O3. The largest absolute Gasteiger partial charge is 0.418 e. The summed E-state index contributed by atoms with van der Waals surface area (Å²) in [5.41, 5.74) is -1.45. The summed E-state index contributed by atoms with van der Waals surface area (Å²) in [6.07, 6.45) is -1.89. The van der Waals surface area contributed by atoms with Crippen LogP contribution in [0.5, 0.6) is 0 Å². The topological polar surface area (TPSA) is 78.4 Å². The normalized spacial score (nSPS) is 21.2. The molecule has 1 aromatic carbocycles. The molecule has 1 fully saturated rings. The Morgan fingerprint density at radius 3 is 2.29 bits per heavy atom. The van der Waals surface area contributed by atoms with Crippen LogP contribution >= 0.6 is 0 Å². The number of carbonyl (C=O) groups is 2. The van der Waals surface area contributed by atoms with E-state index in [-0.39, 0.29) is 18.6 Å². The lowest BCUT2D eigenvalue weighted by Gasteiger charge is -2.27. The number of alkyl halides is 3. The molecule has 8 heteroatoms. The summed E-state index contributed by atoms with van der Waals surface area (Å²) in [5.74, 6) is -1.89. The van der Waals surface area contributed by atoms with E-state index in [1.54, 1.807) is 0 Å². The van der Waals surface area contributed by atoms with Gasteiger partial charge in [0.1, 0.15) is 0 Å². The Bertz CT molecular complexity index is 596. The van der Waals surface area contributed by atoms with Gasteiger partial charge in [-0.25, -0.2) is 0 Å². The molecule has 1 aliphatic carbocycles. The second-order valence-corrected chi connectivity index (χ2v) is 5.87. The van der Waals surface area contributed by atoms with E-state index in [2.05, 4.69) is 5.32 Å². The van der Waals surface area contributed by atoms with Crippen molar-refractivity contribution in [3.8, 4) is 0 Å². The van der Waals surface area contributed by atoms with Crippen molar-refractivity contribution in [2.75, 3.05) is 11.9 Å². The number of aliphatic hydroxyl groups excluding tert-OH is 1. The van der Waals surface area contributed by atoms with Crippen molar-refractivity contribution in [2.45, 2.75) is 37.9 Å². The predicted molar refractivity (Wildman–Crippen MR) is 81.0 cm³/mol. The molecule has 0 aliphatic heterocycles. The molecule has 0 atom stereocenters. The Morgan fingerprint density at radius 1 is 1.08 bits per heavy atom. The van der Waals surface area contributed by atoms with Gasteiger partial charge < -0.3 is 15.7 Å². The Hall–Kier alpha value is -2.09. The molecule has 0 heterocycles. The molecule has 1 saturated carbocycles. The van der Waals surface area contributed by atoms with E-state index in [1.165, 1.54) is 12.1 Å². The van der Waals surface area contributed by atoms with Gasteiger partial charge in [-0.05, 0) is 43.7 Å². The molecule has 0 saturated heterocycles. The SMILES string of the molecule is O=C(Nc1ccccc1C(F)(F)F)C(=O)NC1CCC(CO)CC1. The molecule has 0 bridgehead atoms. The lowest BCUT2D eigenvalue weighted by Crippen LogP contribution is -2.43. The number of rotatable bonds is 3. The second-order valence-electron chi connectivity index (χ2n) is 5.87. The van der Waals surface area contributed by atoms with Crippen LogP contribution in [0.25, 0.3) is 0 Å². The maximum absolute atomic E-state index is 12.9. The van der Waals surface area contributed by atoms with Crippen molar-refractivity contribution < 1.29 is 27.9 Å². The number of anilines is 1. The van der Waals surface area contributed by atoms with Gasteiger partial charge in [-0.15, -0.1) is 0 Å². The molecule has 1 aliphatic rings. The number of carbonyl (C=O) groups excluding carboxylic acids is 2. The molecule has 132 valence electrons. The maximum atomic E-state index is 12.9. The zero-order valence-corrected chi connectivity index (χ0v) is 12.9. The van der Waals surface area contributed by atoms with E-state index >= 15 is 0 Å². The number of halogens is 3. The van der Waals surface area contributed by atoms with Crippen LogP contribution in [0.2, 0.25) is 0 Å². The third-order valence-corrected chi connectivity index (χ3v) is 4.13. The second kappa shape index (κ2) is 7.65. The fourth-order valence-corrected chi connectivity index (χ4v) is 2.76. The zero-order valence-electron chi connectivity index (χ0n) is 12.9. The molecular weight excluding hydrogens is 325 g/mol. The molecule has 0 radical (unpaired) electrons. The van der Waals surface area contributed by atoms with Crippen molar-refractivity contribution in [3.05, 3.63) is 29.8 Å². The number of amides is 2. The summed E-state index contributed by atoms with van der Waals surface area (Å²) >= 11 is 0. The molecule has 3 N–H and O–H groups in total. The Balaban J connectivity index is 1.94. The number of nitrogens with one attached hydrogen (secondary N) is 2. The summed E-state index contributed by atoms with van der Waals surface area (Å²) in [5, 5.41) is 13.6. The van der Waals surface area contributed by atoms with E-state index < -0.39 is 29.2 Å². The molecule has 5 nitrogen and oxygen atoms in total. The summed E-state index contributed by atoms with van der Waals surface area (Å²) in [6, 6.07) is 4.28. The zero-order chi connectivity index (χ0) is 17.7. The average Bonchev–Trinajstić information content (AvgIpc) is 2.55. The molecule has 24 heavy (non-hydrogen) atoms. The lowest BCUT2D eigenvalue weighted by atomic mass is 9.86. The quantitative estimate of drug-likeness (QED) is 0.737. The van der Waals surface area contributed by atoms with Crippen molar-refractivity contribution >= 4 is 17.5 Å². The number of hydrogen-bond acceptors (Lipinski definition) is 3. The fourth-order valence-electron chi connectivity index (χ4n) is 2.76. The third kappa shape index (κ3) is 4.70. The van der Waals surface area contributed by atoms with Gasteiger partial charge in [0.15, 0.2) is 0 Å². The van der Waals surface area contributed by atoms with E-state index in [0.717, 1.165) is 25.0 Å². The highest BCUT2D eigenvalue weighted by atomic mass is 19.4. The van der Waals surface area contributed by atoms with Crippen LogP contribution in [0, 0.1) is 5.92 Å². The first-order chi connectivity index (χ1) is 11.3. The van der Waals surface area contributed by atoms with E-state index in [4.69, 9.17) is 5.11 Å². The summed E-state index contributed by atoms with van der Waals surface area (Å²) in [6.45, 7) is 0.0926. The van der Waals surface area contributed by atoms with Gasteiger partial charge in [0.25, 0.3) is 0 Å². The number of benzene rings is 1.